The molecule has 0 saturated carbocycles. The van der Waals surface area contributed by atoms with Crippen molar-refractivity contribution in [3.8, 4) is 0 Å². The van der Waals surface area contributed by atoms with Crippen LogP contribution in [0.2, 0.25) is 5.15 Å². The molecule has 1 fully saturated rings. The minimum Gasteiger partial charge on any atom is -0.353 e. The van der Waals surface area contributed by atoms with Gasteiger partial charge in [0.05, 0.1) is 5.75 Å². The molecule has 3 heterocycles. The molecule has 0 radical (unpaired) electrons. The van der Waals surface area contributed by atoms with Gasteiger partial charge in [0.25, 0.3) is 0 Å². The van der Waals surface area contributed by atoms with Crippen molar-refractivity contribution < 1.29 is 9.59 Å². The summed E-state index contributed by atoms with van der Waals surface area (Å²) in [6.07, 6.45) is 4.81. The Labute approximate surface area is 191 Å². The monoisotopic (exact) mass is 462 g/mol. The number of hydrogen-bond acceptors (Lipinski definition) is 7. The summed E-state index contributed by atoms with van der Waals surface area (Å²) in [5, 5.41) is 3.66. The number of nitrogens with zero attached hydrogens (tertiary/aromatic N) is 5. The van der Waals surface area contributed by atoms with E-state index in [9.17, 15) is 9.59 Å². The quantitative estimate of drug-likeness (QED) is 0.366. The Hall–Kier alpha value is -2.39. The lowest BCUT2D eigenvalue weighted by atomic mass is 10.1. The lowest BCUT2D eigenvalue weighted by molar-refractivity contribution is -0.133. The number of aromatic nitrogens is 3. The van der Waals surface area contributed by atoms with Gasteiger partial charge in [0.2, 0.25) is 11.8 Å². The number of carbonyl (C=O) groups is 2. The van der Waals surface area contributed by atoms with Crippen LogP contribution in [0.1, 0.15) is 32.3 Å². The summed E-state index contributed by atoms with van der Waals surface area (Å²) in [7, 11) is 0. The highest BCUT2D eigenvalue weighted by molar-refractivity contribution is 7.99. The molecule has 3 rings (SSSR count). The van der Waals surface area contributed by atoms with Crippen LogP contribution in [0.25, 0.3) is 0 Å². The number of hydrogen-bond donors (Lipinski definition) is 1. The molecule has 0 spiro atoms. The van der Waals surface area contributed by atoms with Crippen molar-refractivity contribution in [1.29, 1.82) is 0 Å². The number of halogens is 1. The van der Waals surface area contributed by atoms with Gasteiger partial charge < -0.3 is 15.1 Å². The van der Waals surface area contributed by atoms with Crippen molar-refractivity contribution in [3.05, 3.63) is 41.3 Å². The highest BCUT2D eigenvalue weighted by Gasteiger charge is 2.28. The van der Waals surface area contributed by atoms with E-state index in [4.69, 9.17) is 11.6 Å². The van der Waals surface area contributed by atoms with Gasteiger partial charge in [-0.2, -0.15) is 0 Å². The first-order chi connectivity index (χ1) is 15.0. The highest BCUT2D eigenvalue weighted by Crippen LogP contribution is 2.24. The first-order valence-electron chi connectivity index (χ1n) is 10.3. The molecule has 1 aliphatic heterocycles. The van der Waals surface area contributed by atoms with Gasteiger partial charge in [0.1, 0.15) is 11.0 Å². The Morgan fingerprint density at radius 1 is 1.26 bits per heavy atom. The van der Waals surface area contributed by atoms with Gasteiger partial charge in [0, 0.05) is 57.1 Å². The van der Waals surface area contributed by atoms with E-state index in [-0.39, 0.29) is 23.6 Å². The smallest absolute Gasteiger partial charge is 0.230 e. The van der Waals surface area contributed by atoms with E-state index in [2.05, 4.69) is 25.2 Å². The predicted octanol–water partition coefficient (Wildman–Crippen LogP) is 2.77. The lowest BCUT2D eigenvalue weighted by Crippen LogP contribution is -2.54. The number of nitrogens with one attached hydrogen (secondary N) is 1. The van der Waals surface area contributed by atoms with Crippen molar-refractivity contribution >= 4 is 41.0 Å². The Balaban J connectivity index is 1.55. The Morgan fingerprint density at radius 2 is 2.03 bits per heavy atom. The van der Waals surface area contributed by atoms with Crippen molar-refractivity contribution in [2.24, 2.45) is 0 Å². The predicted molar refractivity (Wildman–Crippen MR) is 122 cm³/mol. The topological polar surface area (TPSA) is 91.3 Å². The molecule has 166 valence electrons. The lowest BCUT2D eigenvalue weighted by Gasteiger charge is -2.40. The fourth-order valence-corrected chi connectivity index (χ4v) is 4.30. The van der Waals surface area contributed by atoms with Crippen LogP contribution >= 0.6 is 23.4 Å². The van der Waals surface area contributed by atoms with E-state index >= 15 is 0 Å². The van der Waals surface area contributed by atoms with Crippen LogP contribution < -0.4 is 10.2 Å². The first kappa shape index (κ1) is 23.3. The fraction of sp³-hybridized carbons (Fsp3) is 0.476. The molecule has 1 saturated heterocycles. The minimum atomic E-state index is -0.108. The summed E-state index contributed by atoms with van der Waals surface area (Å²) in [5.74, 6) is 1.00. The van der Waals surface area contributed by atoms with Gasteiger partial charge in [0.15, 0.2) is 5.16 Å². The number of piperazine rings is 1. The number of anilines is 1. The zero-order valence-electron chi connectivity index (χ0n) is 17.8. The second kappa shape index (κ2) is 11.3. The molecule has 0 aromatic carbocycles. The van der Waals surface area contributed by atoms with Crippen LogP contribution in [0.4, 0.5) is 5.82 Å². The molecule has 1 unspecified atom stereocenters. The van der Waals surface area contributed by atoms with Crippen LogP contribution in [0, 0.1) is 0 Å². The molecule has 2 aromatic rings. The molecule has 2 aromatic heterocycles. The molecule has 2 amide bonds. The van der Waals surface area contributed by atoms with Crippen molar-refractivity contribution in [2.75, 3.05) is 30.3 Å². The van der Waals surface area contributed by atoms with Crippen molar-refractivity contribution in [2.45, 2.75) is 44.4 Å². The molecular weight excluding hydrogens is 436 g/mol. The number of pyridine rings is 1. The summed E-state index contributed by atoms with van der Waals surface area (Å²) in [6, 6.07) is 5.54. The van der Waals surface area contributed by atoms with E-state index in [1.807, 2.05) is 30.9 Å². The third-order valence-electron chi connectivity index (χ3n) is 4.97. The largest absolute Gasteiger partial charge is 0.353 e. The van der Waals surface area contributed by atoms with E-state index in [0.717, 1.165) is 12.0 Å². The molecule has 0 aliphatic carbocycles. The second-order valence-electron chi connectivity index (χ2n) is 7.38. The average Bonchev–Trinajstić information content (AvgIpc) is 2.76. The van der Waals surface area contributed by atoms with Gasteiger partial charge in [-0.25, -0.2) is 9.97 Å². The number of thioether (sulfide) groups is 1. The summed E-state index contributed by atoms with van der Waals surface area (Å²) in [6.45, 7) is 6.53. The molecular formula is C21H27ClN6O2S. The van der Waals surface area contributed by atoms with E-state index in [1.54, 1.807) is 18.5 Å². The van der Waals surface area contributed by atoms with E-state index in [0.29, 0.717) is 48.7 Å². The molecule has 0 bridgehead atoms. The number of amides is 2. The van der Waals surface area contributed by atoms with Crippen LogP contribution in [0.15, 0.2) is 35.7 Å². The maximum Gasteiger partial charge on any atom is 0.230 e. The van der Waals surface area contributed by atoms with Gasteiger partial charge in [-0.1, -0.05) is 30.3 Å². The van der Waals surface area contributed by atoms with Crippen LogP contribution in [0.5, 0.6) is 0 Å². The number of carbonyl (C=O) groups excluding carboxylic acids is 2. The van der Waals surface area contributed by atoms with Gasteiger partial charge >= 0.3 is 0 Å². The van der Waals surface area contributed by atoms with E-state index < -0.39 is 0 Å². The Kier molecular flexibility index (Phi) is 8.48. The normalized spacial score (nSPS) is 16.3. The number of rotatable bonds is 8. The molecule has 1 aliphatic rings. The molecule has 1 N–H and O–H groups in total. The third-order valence-corrected chi connectivity index (χ3v) is 6.01. The van der Waals surface area contributed by atoms with Gasteiger partial charge in [-0.15, -0.1) is 0 Å². The zero-order chi connectivity index (χ0) is 22.2. The Morgan fingerprint density at radius 3 is 2.74 bits per heavy atom. The van der Waals surface area contributed by atoms with Crippen molar-refractivity contribution in [3.63, 3.8) is 0 Å². The summed E-state index contributed by atoms with van der Waals surface area (Å²) in [4.78, 5) is 41.3. The summed E-state index contributed by atoms with van der Waals surface area (Å²) < 4.78 is 0. The summed E-state index contributed by atoms with van der Waals surface area (Å²) >= 11 is 7.47. The molecule has 1 atom stereocenters. The summed E-state index contributed by atoms with van der Waals surface area (Å²) in [5.41, 5.74) is 0.986. The van der Waals surface area contributed by atoms with Gasteiger partial charge in [-0.3, -0.25) is 14.6 Å². The SMILES string of the molecule is CCCC(=O)N1CCN(c2cc(Cl)nc(SCC(=O)NCc3ccncc3)n2)CC1C. The fourth-order valence-electron chi connectivity index (χ4n) is 3.39. The van der Waals surface area contributed by atoms with E-state index in [1.165, 1.54) is 11.8 Å². The molecule has 10 heteroatoms. The second-order valence-corrected chi connectivity index (χ2v) is 8.71. The van der Waals surface area contributed by atoms with Crippen LogP contribution in [-0.2, 0) is 16.1 Å². The first-order valence-corrected chi connectivity index (χ1v) is 11.7. The molecule has 31 heavy (non-hydrogen) atoms. The molecule has 8 nitrogen and oxygen atoms in total. The zero-order valence-corrected chi connectivity index (χ0v) is 19.3. The van der Waals surface area contributed by atoms with Gasteiger partial charge in [-0.05, 0) is 31.0 Å². The highest BCUT2D eigenvalue weighted by atomic mass is 35.5. The third kappa shape index (κ3) is 6.80. The van der Waals surface area contributed by atoms with Crippen LogP contribution in [0.3, 0.4) is 0 Å². The average molecular weight is 463 g/mol. The maximum atomic E-state index is 12.3. The minimum absolute atomic E-state index is 0.0941. The standard InChI is InChI=1S/C21H27ClN6O2S/c1-3-4-20(30)28-10-9-27(13-15(28)2)18-11-17(22)25-21(26-18)31-14-19(29)24-12-16-5-7-23-8-6-16/h5-8,11,15H,3-4,9-10,12-14H2,1-2H3,(H,24,29). The maximum absolute atomic E-state index is 12.3. The Bertz CT molecular complexity index is 901. The van der Waals surface area contributed by atoms with Crippen molar-refractivity contribution in [1.82, 2.24) is 25.2 Å². The van der Waals surface area contributed by atoms with Crippen LogP contribution in [-0.4, -0.2) is 63.1 Å².